The summed E-state index contributed by atoms with van der Waals surface area (Å²) in [5.41, 5.74) is 0. The van der Waals surface area contributed by atoms with Gasteiger partial charge in [-0.2, -0.15) is 0 Å². The van der Waals surface area contributed by atoms with Crippen molar-refractivity contribution >= 4 is 0 Å². The molecule has 0 atom stereocenters. The van der Waals surface area contributed by atoms with Gasteiger partial charge >= 0.3 is 0 Å². The second-order valence-corrected chi connectivity index (χ2v) is 5.02. The molecular weight excluding hydrogens is 240 g/mol. The summed E-state index contributed by atoms with van der Waals surface area (Å²) < 4.78 is 5.14. The van der Waals surface area contributed by atoms with Crippen molar-refractivity contribution in [2.24, 2.45) is 0 Å². The Morgan fingerprint density at radius 2 is 1.05 bits per heavy atom. The molecule has 0 radical (unpaired) electrons. The van der Waals surface area contributed by atoms with E-state index in [1.165, 1.54) is 57.8 Å². The van der Waals surface area contributed by atoms with E-state index in [4.69, 9.17) is 14.5 Å². The summed E-state index contributed by atoms with van der Waals surface area (Å²) in [6.07, 6.45) is 13.5. The van der Waals surface area contributed by atoms with E-state index in [-0.39, 0.29) is 0 Å². The molecule has 3 heteroatoms. The third kappa shape index (κ3) is 17.9. The molecule has 0 aliphatic heterocycles. The van der Waals surface area contributed by atoms with Gasteiger partial charge in [0.05, 0.1) is 13.2 Å². The maximum absolute atomic E-state index is 5.14. The summed E-state index contributed by atoms with van der Waals surface area (Å²) in [6.45, 7) is 6.85. The van der Waals surface area contributed by atoms with Gasteiger partial charge in [-0.05, 0) is 13.3 Å². The van der Waals surface area contributed by atoms with Crippen molar-refractivity contribution in [1.82, 2.24) is 0 Å². The zero-order chi connectivity index (χ0) is 14.0. The number of rotatable bonds is 16. The van der Waals surface area contributed by atoms with Crippen molar-refractivity contribution in [2.45, 2.75) is 78.1 Å². The van der Waals surface area contributed by atoms with E-state index in [1.807, 2.05) is 6.92 Å². The minimum atomic E-state index is 0.533. The molecule has 0 N–H and O–H groups in total. The van der Waals surface area contributed by atoms with E-state index in [2.05, 4.69) is 6.92 Å². The third-order valence-electron chi connectivity index (χ3n) is 3.18. The highest BCUT2D eigenvalue weighted by Gasteiger charge is 1.94. The smallest absolute Gasteiger partial charge is 0.106 e. The fraction of sp³-hybridized carbons (Fsp3) is 1.00. The average molecular weight is 274 g/mol. The summed E-state index contributed by atoms with van der Waals surface area (Å²) in [7, 11) is 0. The predicted octanol–water partition coefficient (Wildman–Crippen LogP) is 4.89. The normalized spacial score (nSPS) is 11.1. The Bertz CT molecular complexity index is 135. The molecular formula is C16H34O3. The van der Waals surface area contributed by atoms with E-state index >= 15 is 0 Å². The molecule has 0 rings (SSSR count). The molecule has 0 heterocycles. The zero-order valence-electron chi connectivity index (χ0n) is 13.1. The molecule has 0 aromatic carbocycles. The SMILES string of the molecule is CCCCCCCCCCCCOOCCOCC. The molecule has 0 aromatic heterocycles. The van der Waals surface area contributed by atoms with Crippen LogP contribution in [0.1, 0.15) is 78.1 Å². The number of hydrogen-bond donors (Lipinski definition) is 0. The Kier molecular flexibility index (Phi) is 17.8. The van der Waals surface area contributed by atoms with Crippen LogP contribution in [0.4, 0.5) is 0 Å². The van der Waals surface area contributed by atoms with Gasteiger partial charge in [-0.15, -0.1) is 0 Å². The van der Waals surface area contributed by atoms with Crippen molar-refractivity contribution in [3.63, 3.8) is 0 Å². The van der Waals surface area contributed by atoms with Crippen LogP contribution in [0, 0.1) is 0 Å². The molecule has 0 saturated heterocycles. The van der Waals surface area contributed by atoms with Crippen LogP contribution in [-0.4, -0.2) is 26.4 Å². The van der Waals surface area contributed by atoms with Crippen LogP contribution in [-0.2, 0) is 14.5 Å². The molecule has 0 aliphatic carbocycles. The molecule has 3 nitrogen and oxygen atoms in total. The lowest BCUT2D eigenvalue weighted by Crippen LogP contribution is -2.05. The Morgan fingerprint density at radius 1 is 0.526 bits per heavy atom. The molecule has 0 aliphatic rings. The van der Waals surface area contributed by atoms with Gasteiger partial charge in [-0.25, -0.2) is 9.78 Å². The van der Waals surface area contributed by atoms with Crippen LogP contribution in [0.3, 0.4) is 0 Å². The first kappa shape index (κ1) is 18.9. The van der Waals surface area contributed by atoms with Crippen LogP contribution in [0.5, 0.6) is 0 Å². The Morgan fingerprint density at radius 3 is 1.63 bits per heavy atom. The minimum Gasteiger partial charge on any atom is -0.379 e. The largest absolute Gasteiger partial charge is 0.379 e. The van der Waals surface area contributed by atoms with Gasteiger partial charge in [0.1, 0.15) is 6.61 Å². The molecule has 116 valence electrons. The lowest BCUT2D eigenvalue weighted by atomic mass is 10.1. The maximum atomic E-state index is 5.14. The van der Waals surface area contributed by atoms with Crippen molar-refractivity contribution in [2.75, 3.05) is 26.4 Å². The first-order valence-electron chi connectivity index (χ1n) is 8.24. The molecule has 0 bridgehead atoms. The second-order valence-electron chi connectivity index (χ2n) is 5.02. The lowest BCUT2D eigenvalue weighted by Gasteiger charge is -2.04. The molecule has 0 amide bonds. The second kappa shape index (κ2) is 17.9. The Balaban J connectivity index is 2.88. The molecule has 0 saturated carbocycles. The zero-order valence-corrected chi connectivity index (χ0v) is 13.1. The fourth-order valence-corrected chi connectivity index (χ4v) is 2.00. The summed E-state index contributed by atoms with van der Waals surface area (Å²) >= 11 is 0. The highest BCUT2D eigenvalue weighted by atomic mass is 17.2. The van der Waals surface area contributed by atoms with Crippen LogP contribution in [0.25, 0.3) is 0 Å². The third-order valence-corrected chi connectivity index (χ3v) is 3.18. The topological polar surface area (TPSA) is 27.7 Å². The van der Waals surface area contributed by atoms with Gasteiger partial charge < -0.3 is 4.74 Å². The molecule has 19 heavy (non-hydrogen) atoms. The van der Waals surface area contributed by atoms with E-state index in [0.717, 1.165) is 13.0 Å². The highest BCUT2D eigenvalue weighted by Crippen LogP contribution is 2.10. The van der Waals surface area contributed by atoms with Crippen molar-refractivity contribution in [1.29, 1.82) is 0 Å². The first-order valence-corrected chi connectivity index (χ1v) is 8.24. The summed E-state index contributed by atoms with van der Waals surface area (Å²) in [4.78, 5) is 10.1. The van der Waals surface area contributed by atoms with E-state index in [1.54, 1.807) is 0 Å². The van der Waals surface area contributed by atoms with Crippen molar-refractivity contribution in [3.8, 4) is 0 Å². The number of hydrogen-bond acceptors (Lipinski definition) is 3. The maximum Gasteiger partial charge on any atom is 0.106 e. The highest BCUT2D eigenvalue weighted by molar-refractivity contribution is 4.46. The van der Waals surface area contributed by atoms with Gasteiger partial charge in [0, 0.05) is 6.61 Å². The predicted molar refractivity (Wildman–Crippen MR) is 80.2 cm³/mol. The van der Waals surface area contributed by atoms with Crippen molar-refractivity contribution < 1.29 is 14.5 Å². The molecule has 0 aromatic rings. The molecule has 0 fully saturated rings. The first-order chi connectivity index (χ1) is 9.41. The lowest BCUT2D eigenvalue weighted by molar-refractivity contribution is -0.299. The van der Waals surface area contributed by atoms with Gasteiger partial charge in [0.2, 0.25) is 0 Å². The molecule has 0 spiro atoms. The number of ether oxygens (including phenoxy) is 1. The van der Waals surface area contributed by atoms with E-state index in [0.29, 0.717) is 19.8 Å². The molecule has 0 unspecified atom stereocenters. The summed E-state index contributed by atoms with van der Waals surface area (Å²) in [5.74, 6) is 0. The van der Waals surface area contributed by atoms with Crippen LogP contribution in [0.15, 0.2) is 0 Å². The standard InChI is InChI=1S/C16H34O3/c1-3-5-6-7-8-9-10-11-12-13-14-18-19-16-15-17-4-2/h3-16H2,1-2H3. The quantitative estimate of drug-likeness (QED) is 0.228. The number of unbranched alkanes of at least 4 members (excludes halogenated alkanes) is 9. The van der Waals surface area contributed by atoms with E-state index < -0.39 is 0 Å². The average Bonchev–Trinajstić information content (AvgIpc) is 2.43. The Labute approximate surface area is 119 Å². The van der Waals surface area contributed by atoms with Crippen LogP contribution >= 0.6 is 0 Å². The van der Waals surface area contributed by atoms with Gasteiger partial charge in [0.15, 0.2) is 0 Å². The minimum absolute atomic E-state index is 0.533. The van der Waals surface area contributed by atoms with Gasteiger partial charge in [0.25, 0.3) is 0 Å². The van der Waals surface area contributed by atoms with Crippen LogP contribution < -0.4 is 0 Å². The summed E-state index contributed by atoms with van der Waals surface area (Å²) in [6, 6.07) is 0. The Hall–Kier alpha value is -0.120. The van der Waals surface area contributed by atoms with Gasteiger partial charge in [-0.1, -0.05) is 64.7 Å². The fourth-order valence-electron chi connectivity index (χ4n) is 2.00. The van der Waals surface area contributed by atoms with Crippen molar-refractivity contribution in [3.05, 3.63) is 0 Å². The van der Waals surface area contributed by atoms with Crippen LogP contribution in [0.2, 0.25) is 0 Å². The van der Waals surface area contributed by atoms with E-state index in [9.17, 15) is 0 Å². The van der Waals surface area contributed by atoms with Gasteiger partial charge in [-0.3, -0.25) is 0 Å². The summed E-state index contributed by atoms with van der Waals surface area (Å²) in [5, 5.41) is 0. The monoisotopic (exact) mass is 274 g/mol.